The third-order valence-corrected chi connectivity index (χ3v) is 8.53. The largest absolute Gasteiger partial charge is 0.307 e. The van der Waals surface area contributed by atoms with Crippen molar-refractivity contribution in [2.45, 2.75) is 62.4 Å². The number of non-ortho nitro benzene ring substituents is 1. The maximum absolute atomic E-state index is 11.2. The monoisotopic (exact) mass is 384 g/mol. The van der Waals surface area contributed by atoms with E-state index < -0.39 is 17.9 Å². The van der Waals surface area contributed by atoms with Crippen LogP contribution >= 0.6 is 12.0 Å². The molecule has 1 saturated carbocycles. The smallest absolute Gasteiger partial charge is 0.292 e. The topological polar surface area (TPSA) is 95.5 Å². The fourth-order valence-electron chi connectivity index (χ4n) is 3.37. The van der Waals surface area contributed by atoms with Crippen LogP contribution in [0.3, 0.4) is 0 Å². The molecule has 25 heavy (non-hydrogen) atoms. The van der Waals surface area contributed by atoms with Crippen molar-refractivity contribution in [3.05, 3.63) is 38.4 Å². The fraction of sp³-hybridized carbons (Fsp3) is 0.625. The summed E-state index contributed by atoms with van der Waals surface area (Å²) in [6.45, 7) is 9.17. The number of nitrogens with zero attached hydrogens (tertiary/aromatic N) is 2. The summed E-state index contributed by atoms with van der Waals surface area (Å²) in [5.74, 6) is 0.574. The lowest BCUT2D eigenvalue weighted by atomic mass is 9.88. The number of hydrogen-bond acceptors (Lipinski definition) is 6. The molecule has 7 nitrogen and oxygen atoms in total. The quantitative estimate of drug-likeness (QED) is 0.281. The zero-order valence-electron chi connectivity index (χ0n) is 14.9. The maximum Gasteiger partial charge on any atom is 0.292 e. The molecule has 0 aromatic heterocycles. The van der Waals surface area contributed by atoms with Gasteiger partial charge in [0.1, 0.15) is 4.90 Å². The van der Waals surface area contributed by atoms with Gasteiger partial charge in [0.25, 0.3) is 11.4 Å². The van der Waals surface area contributed by atoms with Crippen LogP contribution in [0.1, 0.15) is 26.2 Å². The van der Waals surface area contributed by atoms with Gasteiger partial charge in [-0.1, -0.05) is 39.4 Å². The Morgan fingerprint density at radius 2 is 1.84 bits per heavy atom. The summed E-state index contributed by atoms with van der Waals surface area (Å²) in [7, 11) is -1.41. The summed E-state index contributed by atoms with van der Waals surface area (Å²) < 4.78 is 6.05. The van der Waals surface area contributed by atoms with Crippen molar-refractivity contribution in [3.8, 4) is 0 Å². The molecule has 1 aromatic rings. The highest BCUT2D eigenvalue weighted by Crippen LogP contribution is 2.44. The number of benzene rings is 1. The van der Waals surface area contributed by atoms with Gasteiger partial charge in [0.2, 0.25) is 0 Å². The molecular formula is C16H24N2O5SSi. The van der Waals surface area contributed by atoms with Crippen LogP contribution in [0.2, 0.25) is 25.2 Å². The van der Waals surface area contributed by atoms with Crippen molar-refractivity contribution in [2.75, 3.05) is 0 Å². The first-order valence-electron chi connectivity index (χ1n) is 8.35. The van der Waals surface area contributed by atoms with Crippen molar-refractivity contribution in [1.29, 1.82) is 0 Å². The van der Waals surface area contributed by atoms with E-state index in [9.17, 15) is 20.2 Å². The summed E-state index contributed by atoms with van der Waals surface area (Å²) in [6.07, 6.45) is 3.33. The van der Waals surface area contributed by atoms with Gasteiger partial charge in [-0.15, -0.1) is 0 Å². The molecule has 2 rings (SSSR count). The Labute approximate surface area is 152 Å². The Bertz CT molecular complexity index is 664. The van der Waals surface area contributed by atoms with Gasteiger partial charge in [-0.05, 0) is 23.9 Å². The zero-order valence-corrected chi connectivity index (χ0v) is 16.7. The van der Waals surface area contributed by atoms with Gasteiger partial charge in [0.05, 0.1) is 30.1 Å². The van der Waals surface area contributed by atoms with Gasteiger partial charge in [-0.2, -0.15) is 0 Å². The van der Waals surface area contributed by atoms with E-state index >= 15 is 0 Å². The molecule has 0 bridgehead atoms. The van der Waals surface area contributed by atoms with Crippen LogP contribution in [-0.2, 0) is 4.18 Å². The van der Waals surface area contributed by atoms with Gasteiger partial charge in [-0.25, -0.2) is 0 Å². The minimum absolute atomic E-state index is 0.0650. The second kappa shape index (κ2) is 7.84. The molecule has 0 heterocycles. The Hall–Kier alpha value is -1.45. The molecule has 0 N–H and O–H groups in total. The Morgan fingerprint density at radius 3 is 2.40 bits per heavy atom. The van der Waals surface area contributed by atoms with Gasteiger partial charge >= 0.3 is 0 Å². The Balaban J connectivity index is 2.18. The normalized spacial score (nSPS) is 24.1. The first-order chi connectivity index (χ1) is 11.6. The summed E-state index contributed by atoms with van der Waals surface area (Å²) in [5, 5.41) is 22.1. The summed E-state index contributed by atoms with van der Waals surface area (Å²) in [5.41, 5.74) is -0.0665. The molecule has 9 heteroatoms. The molecular weight excluding hydrogens is 360 g/mol. The Morgan fingerprint density at radius 1 is 1.16 bits per heavy atom. The van der Waals surface area contributed by atoms with Crippen LogP contribution < -0.4 is 0 Å². The van der Waals surface area contributed by atoms with E-state index in [0.717, 1.165) is 31.0 Å². The minimum Gasteiger partial charge on any atom is -0.307 e. The molecule has 1 aliphatic rings. The van der Waals surface area contributed by atoms with Gasteiger partial charge in [0.15, 0.2) is 0 Å². The van der Waals surface area contributed by atoms with Crippen molar-refractivity contribution in [3.63, 3.8) is 0 Å². The van der Waals surface area contributed by atoms with E-state index in [4.69, 9.17) is 4.18 Å². The Kier molecular flexibility index (Phi) is 6.23. The SMILES string of the molecule is C[C@@H]1CC[C@H]([Si](C)(C)C)[C@@H](OSc2ccc([N+](=O)[O-])cc2[N+](=O)[O-])C1. The third-order valence-electron chi connectivity index (χ3n) is 4.78. The van der Waals surface area contributed by atoms with Crippen LogP contribution in [-0.4, -0.2) is 24.0 Å². The summed E-state index contributed by atoms with van der Waals surface area (Å²) >= 11 is 0.982. The van der Waals surface area contributed by atoms with E-state index in [1.54, 1.807) is 0 Å². The van der Waals surface area contributed by atoms with E-state index in [1.165, 1.54) is 18.6 Å². The first-order valence-corrected chi connectivity index (χ1v) is 12.7. The van der Waals surface area contributed by atoms with E-state index in [2.05, 4.69) is 26.6 Å². The molecule has 3 atom stereocenters. The molecule has 0 amide bonds. The van der Waals surface area contributed by atoms with Crippen LogP contribution in [0.25, 0.3) is 0 Å². The zero-order chi connectivity index (χ0) is 18.8. The number of rotatable bonds is 6. The number of hydrogen-bond donors (Lipinski definition) is 0. The standard InChI is InChI=1S/C16H24N2O5SSi/c1-11-5-8-16(25(2,3)4)14(9-11)23-24-15-7-6-12(17(19)20)10-13(15)18(21)22/h6-7,10-11,14,16H,5,8-9H2,1-4H3/t11-,14+,16+/m1/s1. The minimum atomic E-state index is -1.41. The van der Waals surface area contributed by atoms with E-state index in [0.29, 0.717) is 16.4 Å². The lowest BCUT2D eigenvalue weighted by molar-refractivity contribution is -0.396. The van der Waals surface area contributed by atoms with Crippen LogP contribution in [0.5, 0.6) is 0 Å². The molecule has 0 unspecified atom stereocenters. The van der Waals surface area contributed by atoms with Crippen molar-refractivity contribution in [1.82, 2.24) is 0 Å². The van der Waals surface area contributed by atoms with Crippen molar-refractivity contribution < 1.29 is 14.0 Å². The average Bonchev–Trinajstić information content (AvgIpc) is 2.51. The first kappa shape index (κ1) is 19.9. The predicted molar refractivity (Wildman–Crippen MR) is 101 cm³/mol. The van der Waals surface area contributed by atoms with Gasteiger partial charge < -0.3 is 4.18 Å². The highest BCUT2D eigenvalue weighted by Gasteiger charge is 2.38. The highest BCUT2D eigenvalue weighted by atomic mass is 32.2. The molecule has 0 aliphatic heterocycles. The van der Waals surface area contributed by atoms with E-state index in [1.807, 2.05) is 0 Å². The van der Waals surface area contributed by atoms with Crippen LogP contribution in [0, 0.1) is 26.1 Å². The van der Waals surface area contributed by atoms with Gasteiger partial charge in [0, 0.05) is 18.1 Å². The number of nitro groups is 2. The average molecular weight is 385 g/mol. The fourth-order valence-corrected chi connectivity index (χ4v) is 6.60. The maximum atomic E-state index is 11.2. The van der Waals surface area contributed by atoms with Crippen LogP contribution in [0.4, 0.5) is 11.4 Å². The van der Waals surface area contributed by atoms with Crippen molar-refractivity contribution in [2.24, 2.45) is 5.92 Å². The second-order valence-electron chi connectivity index (χ2n) is 7.77. The predicted octanol–water partition coefficient (Wildman–Crippen LogP) is 5.42. The lowest BCUT2D eigenvalue weighted by Crippen LogP contribution is -2.40. The third kappa shape index (κ3) is 5.02. The molecule has 1 aliphatic carbocycles. The summed E-state index contributed by atoms with van der Waals surface area (Å²) in [4.78, 5) is 21.2. The summed E-state index contributed by atoms with van der Waals surface area (Å²) in [6, 6.07) is 3.67. The molecule has 1 aromatic carbocycles. The van der Waals surface area contributed by atoms with Crippen LogP contribution in [0.15, 0.2) is 23.1 Å². The lowest BCUT2D eigenvalue weighted by Gasteiger charge is -2.40. The number of nitro benzene ring substituents is 2. The molecule has 0 saturated heterocycles. The molecule has 1 fully saturated rings. The van der Waals surface area contributed by atoms with Gasteiger partial charge in [-0.3, -0.25) is 20.2 Å². The molecule has 0 spiro atoms. The van der Waals surface area contributed by atoms with E-state index in [-0.39, 0.29) is 17.5 Å². The molecule has 0 radical (unpaired) electrons. The second-order valence-corrected chi connectivity index (χ2v) is 14.0. The highest BCUT2D eigenvalue weighted by molar-refractivity contribution is 7.94. The van der Waals surface area contributed by atoms with Crippen molar-refractivity contribution >= 4 is 31.5 Å². The molecule has 138 valence electrons.